The van der Waals surface area contributed by atoms with Gasteiger partial charge >= 0.3 is 6.09 Å². The molecule has 1 saturated heterocycles. The summed E-state index contributed by atoms with van der Waals surface area (Å²) in [6.45, 7) is 3.79. The lowest BCUT2D eigenvalue weighted by Gasteiger charge is -2.31. The number of hydrogen-bond acceptors (Lipinski definition) is 3. The maximum absolute atomic E-state index is 11.6. The molecule has 3 rings (SSSR count). The lowest BCUT2D eigenvalue weighted by atomic mass is 10.0. The van der Waals surface area contributed by atoms with Crippen LogP contribution in [0.2, 0.25) is 5.02 Å². The third-order valence-electron chi connectivity index (χ3n) is 3.86. The Morgan fingerprint density at radius 3 is 2.91 bits per heavy atom. The lowest BCUT2D eigenvalue weighted by Crippen LogP contribution is -2.44. The minimum Gasteiger partial charge on any atom is -0.465 e. The van der Waals surface area contributed by atoms with E-state index in [0.29, 0.717) is 11.6 Å². The van der Waals surface area contributed by atoms with Gasteiger partial charge in [0.1, 0.15) is 5.72 Å². The summed E-state index contributed by atoms with van der Waals surface area (Å²) >= 11 is 6.24. The van der Waals surface area contributed by atoms with Crippen molar-refractivity contribution in [1.82, 2.24) is 15.1 Å². The number of carboxylic acid groups (broad SMARTS) is 1. The number of aromatic amines is 1. The molecule has 1 amide bonds. The van der Waals surface area contributed by atoms with Gasteiger partial charge in [-0.05, 0) is 37.6 Å². The number of H-pyrrole nitrogens is 1. The predicted molar refractivity (Wildman–Crippen MR) is 81.7 cm³/mol. The fourth-order valence-corrected chi connectivity index (χ4v) is 2.99. The number of ether oxygens (including phenoxy) is 1. The lowest BCUT2D eigenvalue weighted by molar-refractivity contribution is -0.0420. The SMILES string of the molecule is CC1(C)OC[C@H](c2ccc(Cl)c(-c3ccn[nH]3)c2)N1C(=O)O. The largest absolute Gasteiger partial charge is 0.465 e. The highest BCUT2D eigenvalue weighted by molar-refractivity contribution is 6.33. The van der Waals surface area contributed by atoms with Crippen LogP contribution in [0, 0.1) is 0 Å². The summed E-state index contributed by atoms with van der Waals surface area (Å²) in [7, 11) is 0. The van der Waals surface area contributed by atoms with E-state index in [1.165, 1.54) is 4.90 Å². The average Bonchev–Trinajstić information content (AvgIpc) is 3.06. The van der Waals surface area contributed by atoms with Crippen molar-refractivity contribution in [1.29, 1.82) is 0 Å². The molecule has 1 fully saturated rings. The van der Waals surface area contributed by atoms with Crippen molar-refractivity contribution in [3.8, 4) is 11.3 Å². The highest BCUT2D eigenvalue weighted by Crippen LogP contribution is 2.39. The first-order chi connectivity index (χ1) is 10.4. The Hall–Kier alpha value is -2.05. The molecule has 1 aliphatic heterocycles. The Morgan fingerprint density at radius 1 is 1.50 bits per heavy atom. The molecule has 0 unspecified atom stereocenters. The van der Waals surface area contributed by atoms with Gasteiger partial charge in [0, 0.05) is 16.8 Å². The first-order valence-electron chi connectivity index (χ1n) is 6.85. The molecule has 6 nitrogen and oxygen atoms in total. The number of nitrogens with zero attached hydrogens (tertiary/aromatic N) is 2. The fourth-order valence-electron chi connectivity index (χ4n) is 2.77. The molecule has 0 saturated carbocycles. The highest BCUT2D eigenvalue weighted by atomic mass is 35.5. The normalized spacial score (nSPS) is 20.3. The number of amides is 1. The molecule has 2 aromatic rings. The monoisotopic (exact) mass is 321 g/mol. The van der Waals surface area contributed by atoms with Gasteiger partial charge in [0.2, 0.25) is 0 Å². The molecule has 0 aliphatic carbocycles. The molecule has 1 aromatic heterocycles. The number of hydrogen-bond donors (Lipinski definition) is 2. The topological polar surface area (TPSA) is 78.5 Å². The van der Waals surface area contributed by atoms with Crippen LogP contribution in [0.25, 0.3) is 11.3 Å². The van der Waals surface area contributed by atoms with Crippen LogP contribution >= 0.6 is 11.6 Å². The van der Waals surface area contributed by atoms with Crippen molar-refractivity contribution in [2.24, 2.45) is 0 Å². The Morgan fingerprint density at radius 2 is 2.27 bits per heavy atom. The molecular formula is C15H16ClN3O3. The third kappa shape index (κ3) is 2.44. The van der Waals surface area contributed by atoms with Crippen LogP contribution in [-0.4, -0.2) is 38.6 Å². The number of nitrogens with one attached hydrogen (secondary N) is 1. The average molecular weight is 322 g/mol. The van der Waals surface area contributed by atoms with Crippen LogP contribution in [0.1, 0.15) is 25.5 Å². The Kier molecular flexibility index (Phi) is 3.58. The third-order valence-corrected chi connectivity index (χ3v) is 4.19. The van der Waals surface area contributed by atoms with E-state index in [-0.39, 0.29) is 6.04 Å². The van der Waals surface area contributed by atoms with Gasteiger partial charge in [-0.1, -0.05) is 17.7 Å². The van der Waals surface area contributed by atoms with E-state index in [4.69, 9.17) is 16.3 Å². The Balaban J connectivity index is 2.02. The molecule has 22 heavy (non-hydrogen) atoms. The number of carbonyl (C=O) groups is 1. The van der Waals surface area contributed by atoms with Crippen LogP contribution in [0.4, 0.5) is 4.79 Å². The van der Waals surface area contributed by atoms with Gasteiger partial charge in [-0.2, -0.15) is 5.10 Å². The molecule has 1 aliphatic rings. The molecule has 0 radical (unpaired) electrons. The second kappa shape index (κ2) is 5.30. The molecule has 2 N–H and O–H groups in total. The molecule has 7 heteroatoms. The van der Waals surface area contributed by atoms with Crippen LogP contribution in [0.15, 0.2) is 30.5 Å². The van der Waals surface area contributed by atoms with Gasteiger partial charge in [-0.25, -0.2) is 4.79 Å². The molecule has 1 atom stereocenters. The Bertz CT molecular complexity index is 700. The summed E-state index contributed by atoms with van der Waals surface area (Å²) < 4.78 is 5.63. The molecule has 0 spiro atoms. The van der Waals surface area contributed by atoms with Gasteiger partial charge in [-0.3, -0.25) is 10.00 Å². The zero-order chi connectivity index (χ0) is 15.9. The van der Waals surface area contributed by atoms with Crippen molar-refractivity contribution in [2.45, 2.75) is 25.6 Å². The van der Waals surface area contributed by atoms with Gasteiger partial charge < -0.3 is 9.84 Å². The van der Waals surface area contributed by atoms with E-state index in [1.807, 2.05) is 18.2 Å². The maximum atomic E-state index is 11.6. The summed E-state index contributed by atoms with van der Waals surface area (Å²) in [5.41, 5.74) is 1.55. The predicted octanol–water partition coefficient (Wildman–Crippen LogP) is 3.52. The Labute approximate surface area is 132 Å². The standard InChI is InChI=1S/C15H16ClN3O3/c1-15(2)19(14(20)21)13(8-22-15)9-3-4-11(16)10(7-9)12-5-6-17-18-12/h3-7,13H,8H2,1-2H3,(H,17,18)(H,20,21)/t13-/m1/s1. The maximum Gasteiger partial charge on any atom is 0.410 e. The second-order valence-electron chi connectivity index (χ2n) is 5.64. The summed E-state index contributed by atoms with van der Waals surface area (Å²) in [5, 5.41) is 16.9. The van der Waals surface area contributed by atoms with E-state index in [0.717, 1.165) is 16.8 Å². The van der Waals surface area contributed by atoms with E-state index < -0.39 is 11.8 Å². The van der Waals surface area contributed by atoms with Crippen LogP contribution in [0.5, 0.6) is 0 Å². The van der Waals surface area contributed by atoms with E-state index in [9.17, 15) is 9.90 Å². The van der Waals surface area contributed by atoms with Gasteiger partial charge in [0.05, 0.1) is 18.3 Å². The van der Waals surface area contributed by atoms with Gasteiger partial charge in [0.15, 0.2) is 0 Å². The van der Waals surface area contributed by atoms with E-state index >= 15 is 0 Å². The number of halogens is 1. The minimum atomic E-state index is -1.01. The fraction of sp³-hybridized carbons (Fsp3) is 0.333. The van der Waals surface area contributed by atoms with Crippen molar-refractivity contribution in [3.05, 3.63) is 41.0 Å². The van der Waals surface area contributed by atoms with Crippen molar-refractivity contribution < 1.29 is 14.6 Å². The first-order valence-corrected chi connectivity index (χ1v) is 7.23. The molecule has 116 valence electrons. The number of aromatic nitrogens is 2. The minimum absolute atomic E-state index is 0.309. The van der Waals surface area contributed by atoms with Gasteiger partial charge in [0.25, 0.3) is 0 Å². The van der Waals surface area contributed by atoms with Crippen molar-refractivity contribution >= 4 is 17.7 Å². The summed E-state index contributed by atoms with van der Waals surface area (Å²) in [6, 6.07) is 6.91. The molecular weight excluding hydrogens is 306 g/mol. The smallest absolute Gasteiger partial charge is 0.410 e. The van der Waals surface area contributed by atoms with Crippen LogP contribution in [0.3, 0.4) is 0 Å². The molecule has 1 aromatic carbocycles. The zero-order valence-electron chi connectivity index (χ0n) is 12.2. The summed E-state index contributed by atoms with van der Waals surface area (Å²) in [5.74, 6) is 0. The molecule has 0 bridgehead atoms. The van der Waals surface area contributed by atoms with E-state index in [2.05, 4.69) is 10.2 Å². The van der Waals surface area contributed by atoms with E-state index in [1.54, 1.807) is 26.1 Å². The highest BCUT2D eigenvalue weighted by Gasteiger charge is 2.44. The summed E-state index contributed by atoms with van der Waals surface area (Å²) in [4.78, 5) is 12.9. The van der Waals surface area contributed by atoms with Crippen LogP contribution < -0.4 is 0 Å². The van der Waals surface area contributed by atoms with Crippen molar-refractivity contribution in [3.63, 3.8) is 0 Å². The second-order valence-corrected chi connectivity index (χ2v) is 6.04. The number of benzene rings is 1. The van der Waals surface area contributed by atoms with Crippen LogP contribution in [-0.2, 0) is 4.74 Å². The number of rotatable bonds is 2. The molecule has 2 heterocycles. The van der Waals surface area contributed by atoms with Gasteiger partial charge in [-0.15, -0.1) is 0 Å². The first kappa shape index (κ1) is 14.9. The quantitative estimate of drug-likeness (QED) is 0.887. The summed E-state index contributed by atoms with van der Waals surface area (Å²) in [6.07, 6.45) is 0.634. The van der Waals surface area contributed by atoms with Crippen molar-refractivity contribution in [2.75, 3.05) is 6.61 Å². The zero-order valence-corrected chi connectivity index (χ0v) is 13.0.